The number of nitrogens with one attached hydrogen (secondary N) is 1. The number of rotatable bonds is 7. The molecule has 16 heavy (non-hydrogen) atoms. The first kappa shape index (κ1) is 13.3. The lowest BCUT2D eigenvalue weighted by atomic mass is 10.1. The zero-order valence-electron chi connectivity index (χ0n) is 9.75. The van der Waals surface area contributed by atoms with E-state index in [0.29, 0.717) is 5.22 Å². The Balaban J connectivity index is 2.43. The van der Waals surface area contributed by atoms with Crippen LogP contribution in [0.1, 0.15) is 19.1 Å². The van der Waals surface area contributed by atoms with Crippen molar-refractivity contribution in [2.45, 2.75) is 13.3 Å². The summed E-state index contributed by atoms with van der Waals surface area (Å²) >= 11 is 5.70. The third kappa shape index (κ3) is 4.84. The third-order valence-electron chi connectivity index (χ3n) is 2.23. The minimum absolute atomic E-state index is 0.425. The van der Waals surface area contributed by atoms with Crippen molar-refractivity contribution >= 4 is 17.7 Å². The molecule has 90 valence electrons. The molecule has 0 saturated carbocycles. The summed E-state index contributed by atoms with van der Waals surface area (Å²) in [6, 6.07) is 3.62. The van der Waals surface area contributed by atoms with Gasteiger partial charge in [0.2, 0.25) is 0 Å². The molecule has 0 amide bonds. The Bertz CT molecular complexity index is 334. The third-order valence-corrected chi connectivity index (χ3v) is 2.43. The molecule has 0 aromatic carbocycles. The molecule has 0 atom stereocenters. The summed E-state index contributed by atoms with van der Waals surface area (Å²) in [6.07, 6.45) is 3.00. The maximum atomic E-state index is 5.70. The van der Waals surface area contributed by atoms with Gasteiger partial charge in [0.15, 0.2) is 5.22 Å². The molecule has 0 aliphatic carbocycles. The van der Waals surface area contributed by atoms with Gasteiger partial charge in [0, 0.05) is 20.2 Å². The van der Waals surface area contributed by atoms with E-state index in [1.165, 1.54) is 5.57 Å². The van der Waals surface area contributed by atoms with Gasteiger partial charge in [-0.25, -0.2) is 0 Å². The fourth-order valence-corrected chi connectivity index (χ4v) is 1.46. The molecule has 0 radical (unpaired) electrons. The molecule has 3 nitrogen and oxygen atoms in total. The van der Waals surface area contributed by atoms with Gasteiger partial charge >= 0.3 is 0 Å². The highest BCUT2D eigenvalue weighted by Gasteiger charge is 1.99. The van der Waals surface area contributed by atoms with Gasteiger partial charge in [-0.2, -0.15) is 0 Å². The molecular weight excluding hydrogens is 226 g/mol. The minimum atomic E-state index is 0.425. The SMILES string of the molecule is CCC(=Cc1ccc(Cl)o1)CNCCOC. The summed E-state index contributed by atoms with van der Waals surface area (Å²) < 4.78 is 10.2. The van der Waals surface area contributed by atoms with E-state index in [2.05, 4.69) is 12.2 Å². The summed E-state index contributed by atoms with van der Waals surface area (Å²) in [7, 11) is 1.70. The summed E-state index contributed by atoms with van der Waals surface area (Å²) in [5.41, 5.74) is 1.28. The van der Waals surface area contributed by atoms with Crippen LogP contribution in [0.3, 0.4) is 0 Å². The van der Waals surface area contributed by atoms with Crippen molar-refractivity contribution in [2.75, 3.05) is 26.8 Å². The van der Waals surface area contributed by atoms with Gasteiger partial charge in [-0.15, -0.1) is 0 Å². The average Bonchev–Trinajstić information content (AvgIpc) is 2.68. The van der Waals surface area contributed by atoms with Crippen molar-refractivity contribution in [3.8, 4) is 0 Å². The fourth-order valence-electron chi connectivity index (χ4n) is 1.31. The predicted octanol–water partition coefficient (Wildman–Crippen LogP) is 2.96. The lowest BCUT2D eigenvalue weighted by Crippen LogP contribution is -2.21. The summed E-state index contributed by atoms with van der Waals surface area (Å²) in [4.78, 5) is 0. The minimum Gasteiger partial charge on any atom is -0.445 e. The van der Waals surface area contributed by atoms with Crippen molar-refractivity contribution in [3.05, 3.63) is 28.7 Å². The second-order valence-electron chi connectivity index (χ2n) is 3.47. The van der Waals surface area contributed by atoms with Crippen LogP contribution in [0.25, 0.3) is 6.08 Å². The number of hydrogen-bond acceptors (Lipinski definition) is 3. The molecule has 1 heterocycles. The Morgan fingerprint density at radius 3 is 2.94 bits per heavy atom. The van der Waals surface area contributed by atoms with E-state index in [1.54, 1.807) is 13.2 Å². The van der Waals surface area contributed by atoms with E-state index in [-0.39, 0.29) is 0 Å². The largest absolute Gasteiger partial charge is 0.445 e. The van der Waals surface area contributed by atoms with Crippen LogP contribution in [0.15, 0.2) is 22.1 Å². The molecule has 1 N–H and O–H groups in total. The Kier molecular flexibility index (Phi) is 6.23. The second-order valence-corrected chi connectivity index (χ2v) is 3.84. The maximum Gasteiger partial charge on any atom is 0.193 e. The van der Waals surface area contributed by atoms with E-state index in [4.69, 9.17) is 20.8 Å². The molecule has 0 fully saturated rings. The Morgan fingerprint density at radius 2 is 2.38 bits per heavy atom. The number of furan rings is 1. The first-order valence-corrected chi connectivity index (χ1v) is 5.78. The van der Waals surface area contributed by atoms with Gasteiger partial charge in [0.25, 0.3) is 0 Å². The lowest BCUT2D eigenvalue weighted by Gasteiger charge is -2.06. The van der Waals surface area contributed by atoms with Gasteiger partial charge in [0.05, 0.1) is 6.61 Å². The van der Waals surface area contributed by atoms with Crippen LogP contribution in [0.5, 0.6) is 0 Å². The van der Waals surface area contributed by atoms with E-state index < -0.39 is 0 Å². The van der Waals surface area contributed by atoms with Crippen LogP contribution in [-0.2, 0) is 4.74 Å². The fraction of sp³-hybridized carbons (Fsp3) is 0.500. The van der Waals surface area contributed by atoms with Crippen LogP contribution < -0.4 is 5.32 Å². The monoisotopic (exact) mass is 243 g/mol. The molecule has 1 aromatic rings. The first-order chi connectivity index (χ1) is 7.76. The van der Waals surface area contributed by atoms with Crippen LogP contribution in [-0.4, -0.2) is 26.8 Å². The molecule has 0 unspecified atom stereocenters. The Labute approximate surface area is 101 Å². The number of hydrogen-bond donors (Lipinski definition) is 1. The zero-order chi connectivity index (χ0) is 11.8. The molecule has 0 bridgehead atoms. The van der Waals surface area contributed by atoms with Crippen molar-refractivity contribution in [3.63, 3.8) is 0 Å². The number of halogens is 1. The molecule has 0 aliphatic rings. The van der Waals surface area contributed by atoms with E-state index in [1.807, 2.05) is 12.1 Å². The molecule has 0 spiro atoms. The first-order valence-electron chi connectivity index (χ1n) is 5.40. The molecule has 1 rings (SSSR count). The molecule has 4 heteroatoms. The standard InChI is InChI=1S/C12H18ClNO2/c1-3-10(9-14-6-7-15-2)8-11-4-5-12(13)16-11/h4-5,8,14H,3,6-7,9H2,1-2H3. The van der Waals surface area contributed by atoms with Crippen molar-refractivity contribution < 1.29 is 9.15 Å². The van der Waals surface area contributed by atoms with Gasteiger partial charge in [0.1, 0.15) is 5.76 Å². The van der Waals surface area contributed by atoms with E-state index in [0.717, 1.165) is 31.9 Å². The highest BCUT2D eigenvalue weighted by molar-refractivity contribution is 6.28. The van der Waals surface area contributed by atoms with Crippen molar-refractivity contribution in [2.24, 2.45) is 0 Å². The maximum absolute atomic E-state index is 5.70. The molecule has 0 aliphatic heterocycles. The van der Waals surface area contributed by atoms with Crippen molar-refractivity contribution in [1.29, 1.82) is 0 Å². The second kappa shape index (κ2) is 7.49. The smallest absolute Gasteiger partial charge is 0.193 e. The lowest BCUT2D eigenvalue weighted by molar-refractivity contribution is 0.200. The zero-order valence-corrected chi connectivity index (χ0v) is 10.5. The molecule has 1 aromatic heterocycles. The predicted molar refractivity (Wildman–Crippen MR) is 66.7 cm³/mol. The van der Waals surface area contributed by atoms with Crippen LogP contribution in [0.4, 0.5) is 0 Å². The highest BCUT2D eigenvalue weighted by atomic mass is 35.5. The van der Waals surface area contributed by atoms with Gasteiger partial charge in [-0.05, 0) is 36.2 Å². The number of methoxy groups -OCH3 is 1. The molecular formula is C12H18ClNO2. The van der Waals surface area contributed by atoms with Crippen LogP contribution in [0.2, 0.25) is 5.22 Å². The van der Waals surface area contributed by atoms with Gasteiger partial charge < -0.3 is 14.5 Å². The Morgan fingerprint density at radius 1 is 1.56 bits per heavy atom. The topological polar surface area (TPSA) is 34.4 Å². The van der Waals surface area contributed by atoms with Gasteiger partial charge in [-0.3, -0.25) is 0 Å². The summed E-state index contributed by atoms with van der Waals surface area (Å²) in [6.45, 7) is 4.54. The van der Waals surface area contributed by atoms with Crippen LogP contribution in [0, 0.1) is 0 Å². The van der Waals surface area contributed by atoms with Crippen molar-refractivity contribution in [1.82, 2.24) is 5.32 Å². The summed E-state index contributed by atoms with van der Waals surface area (Å²) in [5, 5.41) is 3.72. The van der Waals surface area contributed by atoms with Crippen LogP contribution >= 0.6 is 11.6 Å². The van der Waals surface area contributed by atoms with E-state index >= 15 is 0 Å². The Hall–Kier alpha value is -0.770. The van der Waals surface area contributed by atoms with Gasteiger partial charge in [-0.1, -0.05) is 12.5 Å². The summed E-state index contributed by atoms with van der Waals surface area (Å²) in [5.74, 6) is 0.801. The highest BCUT2D eigenvalue weighted by Crippen LogP contribution is 2.16. The number of ether oxygens (including phenoxy) is 1. The normalized spacial score (nSPS) is 12.1. The van der Waals surface area contributed by atoms with E-state index in [9.17, 15) is 0 Å². The quantitative estimate of drug-likeness (QED) is 0.748. The molecule has 0 saturated heterocycles. The average molecular weight is 244 g/mol.